The van der Waals surface area contributed by atoms with Crippen LogP contribution in [0.5, 0.6) is 0 Å². The summed E-state index contributed by atoms with van der Waals surface area (Å²) in [5.74, 6) is -1.59. The molecule has 1 aliphatic heterocycles. The first-order chi connectivity index (χ1) is 12.1. The van der Waals surface area contributed by atoms with Gasteiger partial charge in [0.1, 0.15) is 0 Å². The van der Waals surface area contributed by atoms with Crippen LogP contribution in [0.3, 0.4) is 0 Å². The number of carbonyl (C=O) groups is 1. The number of nitrogens with two attached hydrogens (primary N) is 1. The maximum absolute atomic E-state index is 14.2. The third-order valence-electron chi connectivity index (χ3n) is 5.25. The number of nitrogens with zero attached hydrogens (tertiary/aromatic N) is 1. The molecule has 2 aliphatic rings. The fourth-order valence-electron chi connectivity index (χ4n) is 3.81. The van der Waals surface area contributed by atoms with Crippen molar-refractivity contribution in [1.29, 1.82) is 0 Å². The molecule has 1 saturated carbocycles. The van der Waals surface area contributed by atoms with E-state index in [1.807, 2.05) is 23.1 Å². The van der Waals surface area contributed by atoms with Crippen LogP contribution in [0.25, 0.3) is 11.1 Å². The van der Waals surface area contributed by atoms with Gasteiger partial charge in [0.25, 0.3) is 0 Å². The zero-order chi connectivity index (χ0) is 17.6. The van der Waals surface area contributed by atoms with Gasteiger partial charge in [-0.05, 0) is 36.0 Å². The molecule has 0 radical (unpaired) electrons. The molecule has 25 heavy (non-hydrogen) atoms. The molecule has 3 unspecified atom stereocenters. The molecule has 1 aliphatic carbocycles. The minimum Gasteiger partial charge on any atom is -0.341 e. The first-order valence-electron chi connectivity index (χ1n) is 8.64. The van der Waals surface area contributed by atoms with Gasteiger partial charge in [0, 0.05) is 30.6 Å². The smallest absolute Gasteiger partial charge is 0.226 e. The Morgan fingerprint density at radius 2 is 1.84 bits per heavy atom. The summed E-state index contributed by atoms with van der Waals surface area (Å²) in [4.78, 5) is 14.5. The monoisotopic (exact) mass is 342 g/mol. The highest BCUT2D eigenvalue weighted by Gasteiger charge is 2.47. The van der Waals surface area contributed by atoms with Crippen LogP contribution in [-0.4, -0.2) is 29.9 Å². The van der Waals surface area contributed by atoms with Crippen LogP contribution < -0.4 is 5.73 Å². The molecule has 4 rings (SSSR count). The number of rotatable bonds is 3. The first-order valence-corrected chi connectivity index (χ1v) is 8.64. The van der Waals surface area contributed by atoms with Gasteiger partial charge in [-0.1, -0.05) is 36.4 Å². The molecule has 0 aromatic heterocycles. The van der Waals surface area contributed by atoms with E-state index >= 15 is 0 Å². The average molecular weight is 342 g/mol. The van der Waals surface area contributed by atoms with Crippen molar-refractivity contribution in [3.05, 3.63) is 59.7 Å². The van der Waals surface area contributed by atoms with Gasteiger partial charge in [0.15, 0.2) is 11.6 Å². The second kappa shape index (κ2) is 6.23. The van der Waals surface area contributed by atoms with E-state index in [1.165, 1.54) is 6.07 Å². The van der Waals surface area contributed by atoms with Crippen LogP contribution in [0.1, 0.15) is 24.3 Å². The number of benzene rings is 2. The molecule has 3 atom stereocenters. The zero-order valence-electron chi connectivity index (χ0n) is 13.8. The van der Waals surface area contributed by atoms with Crippen molar-refractivity contribution < 1.29 is 13.6 Å². The second-order valence-corrected chi connectivity index (χ2v) is 6.97. The minimum absolute atomic E-state index is 0.0585. The number of hydrogen-bond acceptors (Lipinski definition) is 2. The van der Waals surface area contributed by atoms with Gasteiger partial charge in [0.2, 0.25) is 5.91 Å². The Hall–Kier alpha value is -2.27. The van der Waals surface area contributed by atoms with E-state index in [9.17, 15) is 13.6 Å². The summed E-state index contributed by atoms with van der Waals surface area (Å²) in [6, 6.07) is 11.6. The Kier molecular flexibility index (Phi) is 4.04. The van der Waals surface area contributed by atoms with Crippen molar-refractivity contribution in [3.63, 3.8) is 0 Å². The molecule has 1 amide bonds. The van der Waals surface area contributed by atoms with Crippen molar-refractivity contribution in [3.8, 4) is 11.1 Å². The molecule has 3 nitrogen and oxygen atoms in total. The normalized spacial score (nSPS) is 25.2. The third-order valence-corrected chi connectivity index (χ3v) is 5.25. The predicted molar refractivity (Wildman–Crippen MR) is 91.8 cm³/mol. The Labute approximate surface area is 145 Å². The Balaban J connectivity index is 1.61. The molecular weight excluding hydrogens is 322 g/mol. The summed E-state index contributed by atoms with van der Waals surface area (Å²) < 4.78 is 27.8. The van der Waals surface area contributed by atoms with E-state index in [-0.39, 0.29) is 29.3 Å². The van der Waals surface area contributed by atoms with Gasteiger partial charge in [-0.3, -0.25) is 4.79 Å². The molecule has 0 spiro atoms. The van der Waals surface area contributed by atoms with Gasteiger partial charge in [-0.25, -0.2) is 8.78 Å². The molecule has 2 N–H and O–H groups in total. The molecule has 2 aromatic carbocycles. The van der Waals surface area contributed by atoms with E-state index in [0.29, 0.717) is 18.7 Å². The summed E-state index contributed by atoms with van der Waals surface area (Å²) in [5, 5.41) is 0. The van der Waals surface area contributed by atoms with Gasteiger partial charge in [-0.15, -0.1) is 0 Å². The van der Waals surface area contributed by atoms with Crippen LogP contribution in [0, 0.1) is 17.6 Å². The maximum Gasteiger partial charge on any atom is 0.226 e. The molecule has 1 saturated heterocycles. The standard InChI is InChI=1S/C20H20F2N2O/c21-18-7-3-6-15(19(18)22)13-4-1-2-5-14(13)16-10-17(16)20(25)24-9-8-12(23)11-24/h1-7,12,16-17H,8-11,23H2. The van der Waals surface area contributed by atoms with E-state index in [0.717, 1.165) is 24.5 Å². The third kappa shape index (κ3) is 2.93. The number of likely N-dealkylation sites (tertiary alicyclic amines) is 1. The molecule has 2 aromatic rings. The summed E-state index contributed by atoms with van der Waals surface area (Å²) in [7, 11) is 0. The van der Waals surface area contributed by atoms with E-state index in [4.69, 9.17) is 5.73 Å². The lowest BCUT2D eigenvalue weighted by molar-refractivity contribution is -0.131. The SMILES string of the molecule is NC1CCN(C(=O)C2CC2c2ccccc2-c2cccc(F)c2F)C1. The molecule has 0 bridgehead atoms. The quantitative estimate of drug-likeness (QED) is 0.930. The zero-order valence-corrected chi connectivity index (χ0v) is 13.8. The molecule has 1 heterocycles. The number of hydrogen-bond donors (Lipinski definition) is 1. The highest BCUT2D eigenvalue weighted by atomic mass is 19.2. The van der Waals surface area contributed by atoms with Crippen LogP contribution in [-0.2, 0) is 4.79 Å². The molecule has 5 heteroatoms. The second-order valence-electron chi connectivity index (χ2n) is 6.97. The maximum atomic E-state index is 14.2. The fraction of sp³-hybridized carbons (Fsp3) is 0.350. The summed E-state index contributed by atoms with van der Waals surface area (Å²) in [6.07, 6.45) is 1.59. The van der Waals surface area contributed by atoms with Crippen LogP contribution in [0.15, 0.2) is 42.5 Å². The Morgan fingerprint density at radius 3 is 2.60 bits per heavy atom. The fourth-order valence-corrected chi connectivity index (χ4v) is 3.81. The summed E-state index contributed by atoms with van der Waals surface area (Å²) in [5.41, 5.74) is 7.71. The molecular formula is C20H20F2N2O. The van der Waals surface area contributed by atoms with Gasteiger partial charge in [-0.2, -0.15) is 0 Å². The number of amides is 1. The summed E-state index contributed by atoms with van der Waals surface area (Å²) >= 11 is 0. The highest BCUT2D eigenvalue weighted by Crippen LogP contribution is 2.51. The van der Waals surface area contributed by atoms with Crippen molar-refractivity contribution in [2.24, 2.45) is 11.7 Å². The van der Waals surface area contributed by atoms with Crippen molar-refractivity contribution in [2.45, 2.75) is 24.8 Å². The van der Waals surface area contributed by atoms with Crippen molar-refractivity contribution in [2.75, 3.05) is 13.1 Å². The predicted octanol–water partition coefficient (Wildman–Crippen LogP) is 3.29. The minimum atomic E-state index is -0.859. The van der Waals surface area contributed by atoms with E-state index < -0.39 is 11.6 Å². The van der Waals surface area contributed by atoms with Crippen molar-refractivity contribution >= 4 is 5.91 Å². The van der Waals surface area contributed by atoms with Crippen molar-refractivity contribution in [1.82, 2.24) is 4.90 Å². The van der Waals surface area contributed by atoms with Gasteiger partial charge in [0.05, 0.1) is 0 Å². The van der Waals surface area contributed by atoms with E-state index in [2.05, 4.69) is 0 Å². The van der Waals surface area contributed by atoms with Crippen LogP contribution >= 0.6 is 0 Å². The van der Waals surface area contributed by atoms with Crippen LogP contribution in [0.2, 0.25) is 0 Å². The van der Waals surface area contributed by atoms with E-state index in [1.54, 1.807) is 12.1 Å². The van der Waals surface area contributed by atoms with Crippen LogP contribution in [0.4, 0.5) is 8.78 Å². The van der Waals surface area contributed by atoms with Gasteiger partial charge >= 0.3 is 0 Å². The largest absolute Gasteiger partial charge is 0.341 e. The molecule has 130 valence electrons. The van der Waals surface area contributed by atoms with Gasteiger partial charge < -0.3 is 10.6 Å². The lowest BCUT2D eigenvalue weighted by atomic mass is 9.95. The number of carbonyl (C=O) groups excluding carboxylic acids is 1. The Bertz CT molecular complexity index is 823. The lowest BCUT2D eigenvalue weighted by Crippen LogP contribution is -2.33. The lowest BCUT2D eigenvalue weighted by Gasteiger charge is -2.16. The average Bonchev–Trinajstić information content (AvgIpc) is 3.30. The topological polar surface area (TPSA) is 46.3 Å². The highest BCUT2D eigenvalue weighted by molar-refractivity contribution is 5.84. The summed E-state index contributed by atoms with van der Waals surface area (Å²) in [6.45, 7) is 1.33. The molecule has 2 fully saturated rings. The first kappa shape index (κ1) is 16.2. The Morgan fingerprint density at radius 1 is 1.08 bits per heavy atom. The number of halogens is 2.